The van der Waals surface area contributed by atoms with E-state index in [1.165, 1.54) is 21.4 Å². The van der Waals surface area contributed by atoms with Crippen molar-refractivity contribution in [3.63, 3.8) is 0 Å². The van der Waals surface area contributed by atoms with E-state index >= 15 is 0 Å². The zero-order valence-electron chi connectivity index (χ0n) is 12.7. The third-order valence-corrected chi connectivity index (χ3v) is 4.06. The van der Waals surface area contributed by atoms with Gasteiger partial charge in [0.25, 0.3) is 5.91 Å². The average Bonchev–Trinajstić information content (AvgIpc) is 3.14. The maximum absolute atomic E-state index is 12.3. The molecule has 10 nitrogen and oxygen atoms in total. The summed E-state index contributed by atoms with van der Waals surface area (Å²) in [6.07, 6.45) is 0. The van der Waals surface area contributed by atoms with E-state index < -0.39 is 5.91 Å². The summed E-state index contributed by atoms with van der Waals surface area (Å²) in [4.78, 5) is 16.7. The van der Waals surface area contributed by atoms with Gasteiger partial charge in [0.2, 0.25) is 5.13 Å². The smallest absolute Gasteiger partial charge is 0.281 e. The number of rotatable bonds is 2. The van der Waals surface area contributed by atoms with Gasteiger partial charge < -0.3 is 5.73 Å². The SMILES string of the molecule is Cc1cc(C)c2c(n1)nn1c(N)c(C(=O)Nc3nncs3)nnc21. The summed E-state index contributed by atoms with van der Waals surface area (Å²) in [6.45, 7) is 3.82. The first-order valence-corrected chi connectivity index (χ1v) is 7.79. The predicted molar refractivity (Wildman–Crippen MR) is 87.8 cm³/mol. The van der Waals surface area contributed by atoms with Crippen LogP contribution in [0.15, 0.2) is 11.6 Å². The van der Waals surface area contributed by atoms with Crippen LogP contribution in [0.3, 0.4) is 0 Å². The van der Waals surface area contributed by atoms with Gasteiger partial charge >= 0.3 is 0 Å². The molecule has 0 saturated heterocycles. The van der Waals surface area contributed by atoms with Crippen LogP contribution in [0.25, 0.3) is 16.7 Å². The maximum atomic E-state index is 12.3. The summed E-state index contributed by atoms with van der Waals surface area (Å²) >= 11 is 1.19. The lowest BCUT2D eigenvalue weighted by Gasteiger charge is -2.04. The lowest BCUT2D eigenvalue weighted by Crippen LogP contribution is -2.19. The van der Waals surface area contributed by atoms with Gasteiger partial charge in [-0.3, -0.25) is 10.1 Å². The highest BCUT2D eigenvalue weighted by molar-refractivity contribution is 7.13. The number of carbonyl (C=O) groups excluding carboxylic acids is 1. The second-order valence-corrected chi connectivity index (χ2v) is 5.98. The number of pyridine rings is 1. The third kappa shape index (κ3) is 2.13. The molecule has 0 fully saturated rings. The van der Waals surface area contributed by atoms with Gasteiger partial charge in [-0.25, -0.2) is 4.98 Å². The number of nitrogens with one attached hydrogen (secondary N) is 1. The Hall–Kier alpha value is -3.21. The molecule has 4 rings (SSSR count). The molecular formula is C13H11N9OS. The first-order chi connectivity index (χ1) is 11.5. The van der Waals surface area contributed by atoms with Gasteiger partial charge in [0, 0.05) is 5.69 Å². The highest BCUT2D eigenvalue weighted by atomic mass is 32.1. The topological polar surface area (TPSA) is 137 Å². The van der Waals surface area contributed by atoms with E-state index in [1.54, 1.807) is 0 Å². The summed E-state index contributed by atoms with van der Waals surface area (Å²) in [5, 5.41) is 23.5. The Balaban J connectivity index is 1.87. The van der Waals surface area contributed by atoms with Crippen molar-refractivity contribution in [3.05, 3.63) is 28.5 Å². The molecule has 0 aliphatic heterocycles. The first-order valence-electron chi connectivity index (χ1n) is 6.91. The number of amides is 1. The molecular weight excluding hydrogens is 330 g/mol. The largest absolute Gasteiger partial charge is 0.382 e. The number of nitrogens with zero attached hydrogens (tertiary/aromatic N) is 7. The zero-order chi connectivity index (χ0) is 16.8. The molecule has 0 bridgehead atoms. The number of fused-ring (bicyclic) bond motifs is 3. The van der Waals surface area contributed by atoms with Crippen molar-refractivity contribution in [2.24, 2.45) is 0 Å². The average molecular weight is 341 g/mol. The van der Waals surface area contributed by atoms with Crippen molar-refractivity contribution in [3.8, 4) is 0 Å². The normalized spacial score (nSPS) is 11.2. The van der Waals surface area contributed by atoms with Crippen LogP contribution < -0.4 is 11.1 Å². The fourth-order valence-corrected chi connectivity index (χ4v) is 2.91. The minimum Gasteiger partial charge on any atom is -0.382 e. The molecule has 0 radical (unpaired) electrons. The first kappa shape index (κ1) is 14.4. The van der Waals surface area contributed by atoms with Crippen molar-refractivity contribution in [1.82, 2.24) is 35.0 Å². The lowest BCUT2D eigenvalue weighted by atomic mass is 10.2. The molecule has 4 heterocycles. The fraction of sp³-hybridized carbons (Fsp3) is 0.154. The van der Waals surface area contributed by atoms with Gasteiger partial charge in [0.1, 0.15) is 5.51 Å². The van der Waals surface area contributed by atoms with Gasteiger partial charge in [-0.05, 0) is 25.5 Å². The monoisotopic (exact) mass is 341 g/mol. The van der Waals surface area contributed by atoms with E-state index in [0.717, 1.165) is 16.6 Å². The van der Waals surface area contributed by atoms with Gasteiger partial charge in [-0.1, -0.05) is 11.3 Å². The summed E-state index contributed by atoms with van der Waals surface area (Å²) < 4.78 is 1.38. The summed E-state index contributed by atoms with van der Waals surface area (Å²) in [7, 11) is 0. The van der Waals surface area contributed by atoms with Crippen LogP contribution in [-0.4, -0.2) is 40.9 Å². The van der Waals surface area contributed by atoms with Crippen LogP contribution in [0.1, 0.15) is 21.7 Å². The number of aryl methyl sites for hydroxylation is 2. The molecule has 24 heavy (non-hydrogen) atoms. The number of aromatic nitrogens is 7. The van der Waals surface area contributed by atoms with Crippen molar-refractivity contribution in [2.45, 2.75) is 13.8 Å². The van der Waals surface area contributed by atoms with Gasteiger partial charge in [-0.2, -0.15) is 4.52 Å². The molecule has 4 aromatic rings. The molecule has 4 aromatic heterocycles. The van der Waals surface area contributed by atoms with E-state index in [0.29, 0.717) is 16.4 Å². The van der Waals surface area contributed by atoms with Crippen LogP contribution >= 0.6 is 11.3 Å². The Bertz CT molecular complexity index is 1090. The van der Waals surface area contributed by atoms with Gasteiger partial charge in [0.05, 0.1) is 5.39 Å². The predicted octanol–water partition coefficient (Wildman–Crippen LogP) is 0.975. The van der Waals surface area contributed by atoms with E-state index in [-0.39, 0.29) is 11.5 Å². The molecule has 0 aliphatic rings. The van der Waals surface area contributed by atoms with Crippen LogP contribution in [-0.2, 0) is 0 Å². The van der Waals surface area contributed by atoms with E-state index in [9.17, 15) is 4.79 Å². The number of nitrogen functional groups attached to an aromatic ring is 1. The molecule has 0 atom stereocenters. The quantitative estimate of drug-likeness (QED) is 0.550. The Morgan fingerprint density at radius 3 is 2.88 bits per heavy atom. The molecule has 3 N–H and O–H groups in total. The number of carbonyl (C=O) groups is 1. The van der Waals surface area contributed by atoms with Gasteiger partial charge in [-0.15, -0.1) is 25.5 Å². The van der Waals surface area contributed by atoms with E-state index in [4.69, 9.17) is 5.73 Å². The molecule has 120 valence electrons. The van der Waals surface area contributed by atoms with Crippen LogP contribution in [0, 0.1) is 13.8 Å². The minimum absolute atomic E-state index is 0.0418. The molecule has 0 aromatic carbocycles. The van der Waals surface area contributed by atoms with Crippen molar-refractivity contribution >= 4 is 44.9 Å². The molecule has 11 heteroatoms. The number of nitrogens with two attached hydrogens (primary N) is 1. The Morgan fingerprint density at radius 2 is 2.12 bits per heavy atom. The third-order valence-electron chi connectivity index (χ3n) is 3.46. The molecule has 0 spiro atoms. The summed E-state index contributed by atoms with van der Waals surface area (Å²) in [6, 6.07) is 1.93. The second-order valence-electron chi connectivity index (χ2n) is 5.15. The molecule has 0 unspecified atom stereocenters. The summed E-state index contributed by atoms with van der Waals surface area (Å²) in [5.74, 6) is -0.448. The van der Waals surface area contributed by atoms with E-state index in [2.05, 4.69) is 35.8 Å². The highest BCUT2D eigenvalue weighted by Gasteiger charge is 2.20. The van der Waals surface area contributed by atoms with Crippen molar-refractivity contribution < 1.29 is 4.79 Å². The van der Waals surface area contributed by atoms with Crippen molar-refractivity contribution in [2.75, 3.05) is 11.1 Å². The van der Waals surface area contributed by atoms with Crippen LogP contribution in [0.5, 0.6) is 0 Å². The highest BCUT2D eigenvalue weighted by Crippen LogP contribution is 2.23. The van der Waals surface area contributed by atoms with Crippen LogP contribution in [0.2, 0.25) is 0 Å². The number of hydrogen-bond donors (Lipinski definition) is 2. The molecule has 1 amide bonds. The lowest BCUT2D eigenvalue weighted by molar-refractivity contribution is 0.102. The zero-order valence-corrected chi connectivity index (χ0v) is 13.5. The molecule has 0 aliphatic carbocycles. The van der Waals surface area contributed by atoms with Gasteiger partial charge in [0.15, 0.2) is 22.8 Å². The fourth-order valence-electron chi connectivity index (χ4n) is 2.47. The maximum Gasteiger partial charge on any atom is 0.281 e. The Labute approximate surface area is 138 Å². The standard InChI is InChI=1S/C13H11N9OS/c1-5-3-6(2)16-10-7(5)11-19-18-8(9(14)22(11)21-10)12(23)17-13-20-15-4-24-13/h3-4H,14H2,1-2H3,(H,17,20,23). The number of hydrogen-bond acceptors (Lipinski definition) is 9. The minimum atomic E-state index is -0.529. The van der Waals surface area contributed by atoms with Crippen molar-refractivity contribution in [1.29, 1.82) is 0 Å². The summed E-state index contributed by atoms with van der Waals surface area (Å²) in [5.41, 5.74) is 10.3. The molecule has 0 saturated carbocycles. The Kier molecular flexibility index (Phi) is 3.09. The Morgan fingerprint density at radius 1 is 1.29 bits per heavy atom. The number of anilines is 2. The second kappa shape index (κ2) is 5.16. The van der Waals surface area contributed by atoms with E-state index in [1.807, 2.05) is 19.9 Å². The van der Waals surface area contributed by atoms with Crippen LogP contribution in [0.4, 0.5) is 10.9 Å².